The lowest BCUT2D eigenvalue weighted by atomic mass is 9.90. The average molecular weight is 278 g/mol. The van der Waals surface area contributed by atoms with Gasteiger partial charge in [-0.1, -0.05) is 24.3 Å². The van der Waals surface area contributed by atoms with Crippen LogP contribution < -0.4 is 0 Å². The fourth-order valence-electron chi connectivity index (χ4n) is 2.03. The maximum atomic E-state index is 12.4. The summed E-state index contributed by atoms with van der Waals surface area (Å²) in [7, 11) is -5.44. The zero-order valence-electron chi connectivity index (χ0n) is 9.07. The van der Waals surface area contributed by atoms with Crippen LogP contribution >= 0.6 is 0 Å². The van der Waals surface area contributed by atoms with Crippen molar-refractivity contribution in [2.75, 3.05) is 0 Å². The van der Waals surface area contributed by atoms with E-state index in [1.807, 2.05) is 0 Å². The molecule has 18 heavy (non-hydrogen) atoms. The zero-order valence-corrected chi connectivity index (χ0v) is 9.88. The summed E-state index contributed by atoms with van der Waals surface area (Å²) in [6, 6.07) is 6.13. The highest BCUT2D eigenvalue weighted by molar-refractivity contribution is 7.93. The minimum absolute atomic E-state index is 0.0709. The molecule has 1 unspecified atom stereocenters. The van der Waals surface area contributed by atoms with Gasteiger partial charge in [-0.05, 0) is 18.4 Å². The van der Waals surface area contributed by atoms with E-state index in [9.17, 15) is 26.4 Å². The Morgan fingerprint density at radius 1 is 1.17 bits per heavy atom. The van der Waals surface area contributed by atoms with Gasteiger partial charge in [0.25, 0.3) is 9.84 Å². The monoisotopic (exact) mass is 278 g/mol. The van der Waals surface area contributed by atoms with Crippen LogP contribution in [0.5, 0.6) is 0 Å². The molecule has 7 heteroatoms. The molecular formula is C11H9F3O3S. The van der Waals surface area contributed by atoms with Gasteiger partial charge in [0.15, 0.2) is 5.78 Å². The van der Waals surface area contributed by atoms with E-state index < -0.39 is 26.4 Å². The van der Waals surface area contributed by atoms with Crippen LogP contribution in [0.15, 0.2) is 24.3 Å². The first-order valence-electron chi connectivity index (χ1n) is 5.17. The molecule has 0 aromatic heterocycles. The predicted molar refractivity (Wildman–Crippen MR) is 57.9 cm³/mol. The molecule has 1 aromatic rings. The number of hydrogen-bond acceptors (Lipinski definition) is 3. The number of sulfone groups is 1. The fraction of sp³-hybridized carbons (Fsp3) is 0.364. The van der Waals surface area contributed by atoms with Crippen molar-refractivity contribution in [1.82, 2.24) is 0 Å². The number of carbonyl (C=O) groups excluding carboxylic acids is 1. The van der Waals surface area contributed by atoms with Crippen molar-refractivity contribution < 1.29 is 26.4 Å². The molecule has 0 saturated carbocycles. The lowest BCUT2D eigenvalue weighted by Gasteiger charge is -2.23. The maximum absolute atomic E-state index is 12.4. The second-order valence-corrected chi connectivity index (χ2v) is 6.16. The molecule has 0 bridgehead atoms. The molecule has 0 N–H and O–H groups in total. The summed E-state index contributed by atoms with van der Waals surface area (Å²) < 4.78 is 59.8. The summed E-state index contributed by atoms with van der Waals surface area (Å²) >= 11 is 0. The normalized spacial score (nSPS) is 20.6. The highest BCUT2D eigenvalue weighted by atomic mass is 32.2. The number of rotatable bonds is 1. The van der Waals surface area contributed by atoms with E-state index >= 15 is 0 Å². The van der Waals surface area contributed by atoms with E-state index in [4.69, 9.17) is 0 Å². The average Bonchev–Trinajstić information content (AvgIpc) is 2.28. The third kappa shape index (κ3) is 1.92. The number of benzene rings is 1. The lowest BCUT2D eigenvalue weighted by Crippen LogP contribution is -2.42. The van der Waals surface area contributed by atoms with E-state index in [1.54, 1.807) is 12.1 Å². The summed E-state index contributed by atoms with van der Waals surface area (Å²) in [6.07, 6.45) is -0.167. The third-order valence-electron chi connectivity index (χ3n) is 2.95. The number of hydrogen-bond donors (Lipinski definition) is 0. The van der Waals surface area contributed by atoms with Gasteiger partial charge in [0, 0.05) is 5.56 Å². The smallest absolute Gasteiger partial charge is 0.293 e. The molecule has 0 heterocycles. The molecular weight excluding hydrogens is 269 g/mol. The Labute approximate surface area is 102 Å². The van der Waals surface area contributed by atoms with Crippen LogP contribution in [0.2, 0.25) is 0 Å². The molecule has 3 nitrogen and oxygen atoms in total. The Balaban J connectivity index is 2.45. The van der Waals surface area contributed by atoms with Crippen molar-refractivity contribution in [2.45, 2.75) is 23.6 Å². The molecule has 1 aromatic carbocycles. The molecule has 1 aliphatic carbocycles. The van der Waals surface area contributed by atoms with Crippen molar-refractivity contribution in [3.05, 3.63) is 35.4 Å². The fourth-order valence-corrected chi connectivity index (χ4v) is 3.19. The van der Waals surface area contributed by atoms with E-state index in [0.29, 0.717) is 5.56 Å². The van der Waals surface area contributed by atoms with Gasteiger partial charge in [0.1, 0.15) is 5.25 Å². The van der Waals surface area contributed by atoms with E-state index in [1.165, 1.54) is 12.1 Å². The van der Waals surface area contributed by atoms with Crippen molar-refractivity contribution >= 4 is 15.6 Å². The Hall–Kier alpha value is -1.37. The summed E-state index contributed by atoms with van der Waals surface area (Å²) in [6.45, 7) is 0. The molecule has 1 atom stereocenters. The van der Waals surface area contributed by atoms with Gasteiger partial charge < -0.3 is 0 Å². The summed E-state index contributed by atoms with van der Waals surface area (Å²) in [5.74, 6) is -0.964. The Morgan fingerprint density at radius 2 is 1.78 bits per heavy atom. The lowest BCUT2D eigenvalue weighted by molar-refractivity contribution is -0.0444. The number of ketones is 1. The zero-order chi connectivity index (χ0) is 13.6. The molecule has 0 amide bonds. The number of halogens is 3. The molecule has 98 valence electrons. The van der Waals surface area contributed by atoms with Gasteiger partial charge in [-0.25, -0.2) is 8.42 Å². The van der Waals surface area contributed by atoms with Crippen molar-refractivity contribution in [3.63, 3.8) is 0 Å². The Morgan fingerprint density at radius 3 is 2.39 bits per heavy atom. The first-order valence-corrected chi connectivity index (χ1v) is 6.72. The standard InChI is InChI=1S/C11H9F3O3S/c12-11(13,14)18(16,17)9-6-5-7-3-1-2-4-8(7)10(9)15/h1-4,9H,5-6H2. The minimum atomic E-state index is -5.44. The van der Waals surface area contributed by atoms with Crippen LogP contribution in [0.4, 0.5) is 13.2 Å². The Bertz CT molecular complexity index is 590. The highest BCUT2D eigenvalue weighted by Gasteiger charge is 2.54. The van der Waals surface area contributed by atoms with Gasteiger partial charge >= 0.3 is 5.51 Å². The molecule has 0 radical (unpaired) electrons. The second kappa shape index (κ2) is 4.08. The van der Waals surface area contributed by atoms with Gasteiger partial charge in [-0.3, -0.25) is 4.79 Å². The van der Waals surface area contributed by atoms with Crippen LogP contribution in [-0.2, 0) is 16.3 Å². The highest BCUT2D eigenvalue weighted by Crippen LogP contribution is 2.34. The number of carbonyl (C=O) groups is 1. The van der Waals surface area contributed by atoms with E-state index in [-0.39, 0.29) is 18.4 Å². The molecule has 1 aliphatic rings. The molecule has 2 rings (SSSR count). The van der Waals surface area contributed by atoms with Crippen LogP contribution in [-0.4, -0.2) is 25.0 Å². The van der Waals surface area contributed by atoms with Crippen LogP contribution in [0.3, 0.4) is 0 Å². The molecule has 0 fully saturated rings. The minimum Gasteiger partial charge on any atom is -0.293 e. The first-order chi connectivity index (χ1) is 8.25. The summed E-state index contributed by atoms with van der Waals surface area (Å²) in [5, 5.41) is -2.01. The van der Waals surface area contributed by atoms with E-state index in [2.05, 4.69) is 0 Å². The number of aryl methyl sites for hydroxylation is 1. The van der Waals surface area contributed by atoms with Crippen LogP contribution in [0.1, 0.15) is 22.3 Å². The van der Waals surface area contributed by atoms with Gasteiger partial charge in [0.2, 0.25) is 0 Å². The SMILES string of the molecule is O=C1c2ccccc2CCC1S(=O)(=O)C(F)(F)F. The van der Waals surface area contributed by atoms with Crippen molar-refractivity contribution in [3.8, 4) is 0 Å². The van der Waals surface area contributed by atoms with Gasteiger partial charge in [0.05, 0.1) is 0 Å². The third-order valence-corrected chi connectivity index (χ3v) is 4.79. The summed E-state index contributed by atoms with van der Waals surface area (Å²) in [5.41, 5.74) is -4.72. The topological polar surface area (TPSA) is 51.2 Å². The summed E-state index contributed by atoms with van der Waals surface area (Å²) in [4.78, 5) is 11.8. The largest absolute Gasteiger partial charge is 0.498 e. The quantitative estimate of drug-likeness (QED) is 0.790. The first kappa shape index (κ1) is 13.1. The van der Waals surface area contributed by atoms with Crippen LogP contribution in [0, 0.1) is 0 Å². The van der Waals surface area contributed by atoms with Crippen molar-refractivity contribution in [2.24, 2.45) is 0 Å². The van der Waals surface area contributed by atoms with Gasteiger partial charge in [-0.2, -0.15) is 13.2 Å². The second-order valence-electron chi connectivity index (χ2n) is 4.04. The molecule has 0 aliphatic heterocycles. The number of alkyl halides is 3. The van der Waals surface area contributed by atoms with Crippen LogP contribution in [0.25, 0.3) is 0 Å². The number of Topliss-reactive ketones (excluding diaryl/α,β-unsaturated/α-hetero) is 1. The molecule has 0 saturated heterocycles. The van der Waals surface area contributed by atoms with Gasteiger partial charge in [-0.15, -0.1) is 0 Å². The van der Waals surface area contributed by atoms with Crippen molar-refractivity contribution in [1.29, 1.82) is 0 Å². The maximum Gasteiger partial charge on any atom is 0.498 e. The predicted octanol–water partition coefficient (Wildman–Crippen LogP) is 2.12. The van der Waals surface area contributed by atoms with E-state index in [0.717, 1.165) is 0 Å². The number of fused-ring (bicyclic) bond motifs is 1. The Kier molecular flexibility index (Phi) is 2.96. The molecule has 0 spiro atoms.